The summed E-state index contributed by atoms with van der Waals surface area (Å²) in [6.45, 7) is 1.53. The standard InChI is InChI=1S/C22H25N5O4S/c1-31-20-10-9-19(13-21(20)32(29,30)27-11-3-2-4-12-27)25-22(28)18-7-5-17(6-8-18)14-26-16-23-15-24-26/h5-10,13,15-16H,2-4,11-12,14H2,1H3,(H,25,28). The van der Waals surface area contributed by atoms with Crippen molar-refractivity contribution >= 4 is 21.6 Å². The van der Waals surface area contributed by atoms with E-state index in [1.54, 1.807) is 35.3 Å². The third-order valence-electron chi connectivity index (χ3n) is 5.38. The Morgan fingerprint density at radius 1 is 1.09 bits per heavy atom. The van der Waals surface area contributed by atoms with Gasteiger partial charge in [-0.15, -0.1) is 0 Å². The first-order chi connectivity index (χ1) is 15.5. The number of hydrogen-bond acceptors (Lipinski definition) is 6. The smallest absolute Gasteiger partial charge is 0.255 e. The fourth-order valence-electron chi connectivity index (χ4n) is 3.67. The van der Waals surface area contributed by atoms with Gasteiger partial charge in [0.15, 0.2) is 0 Å². The number of hydrogen-bond donors (Lipinski definition) is 1. The Balaban J connectivity index is 1.51. The first-order valence-corrected chi connectivity index (χ1v) is 11.8. The Hall–Kier alpha value is -3.24. The summed E-state index contributed by atoms with van der Waals surface area (Å²) in [5.41, 5.74) is 1.83. The van der Waals surface area contributed by atoms with Gasteiger partial charge < -0.3 is 10.1 Å². The molecule has 1 fully saturated rings. The molecule has 10 heteroatoms. The zero-order chi connectivity index (χ0) is 22.6. The van der Waals surface area contributed by atoms with Gasteiger partial charge in [-0.05, 0) is 48.7 Å². The summed E-state index contributed by atoms with van der Waals surface area (Å²) < 4.78 is 34.8. The Labute approximate surface area is 187 Å². The lowest BCUT2D eigenvalue weighted by Crippen LogP contribution is -2.35. The molecule has 32 heavy (non-hydrogen) atoms. The lowest BCUT2D eigenvalue weighted by atomic mass is 10.1. The Morgan fingerprint density at radius 3 is 2.50 bits per heavy atom. The molecule has 0 saturated carbocycles. The van der Waals surface area contributed by atoms with Crippen LogP contribution in [0.2, 0.25) is 0 Å². The molecular formula is C22H25N5O4S. The minimum absolute atomic E-state index is 0.0582. The molecule has 1 saturated heterocycles. The molecule has 9 nitrogen and oxygen atoms in total. The van der Waals surface area contributed by atoms with Crippen LogP contribution >= 0.6 is 0 Å². The zero-order valence-electron chi connectivity index (χ0n) is 17.8. The van der Waals surface area contributed by atoms with Crippen LogP contribution in [0.3, 0.4) is 0 Å². The number of piperidine rings is 1. The fraction of sp³-hybridized carbons (Fsp3) is 0.318. The van der Waals surface area contributed by atoms with Crippen LogP contribution in [-0.4, -0.2) is 53.6 Å². The maximum absolute atomic E-state index is 13.2. The van der Waals surface area contributed by atoms with Gasteiger partial charge in [0.1, 0.15) is 23.3 Å². The number of sulfonamides is 1. The molecular weight excluding hydrogens is 430 g/mol. The summed E-state index contributed by atoms with van der Waals surface area (Å²) in [6.07, 6.45) is 5.79. The first kappa shape index (κ1) is 22.0. The van der Waals surface area contributed by atoms with Gasteiger partial charge in [0.25, 0.3) is 5.91 Å². The SMILES string of the molecule is COc1ccc(NC(=O)c2ccc(Cn3cncn3)cc2)cc1S(=O)(=O)N1CCCCC1. The lowest BCUT2D eigenvalue weighted by Gasteiger charge is -2.26. The third kappa shape index (κ3) is 4.81. The van der Waals surface area contributed by atoms with E-state index in [0.717, 1.165) is 24.8 Å². The Morgan fingerprint density at radius 2 is 1.84 bits per heavy atom. The molecule has 1 aliphatic heterocycles. The van der Waals surface area contributed by atoms with E-state index in [9.17, 15) is 13.2 Å². The highest BCUT2D eigenvalue weighted by atomic mass is 32.2. The van der Waals surface area contributed by atoms with Crippen LogP contribution in [0.15, 0.2) is 60.0 Å². The molecule has 0 aliphatic carbocycles. The summed E-state index contributed by atoms with van der Waals surface area (Å²) in [5, 5.41) is 6.85. The van der Waals surface area contributed by atoms with Gasteiger partial charge in [-0.2, -0.15) is 9.40 Å². The predicted octanol–water partition coefficient (Wildman–Crippen LogP) is 2.76. The number of benzene rings is 2. The van der Waals surface area contributed by atoms with Crippen molar-refractivity contribution in [3.8, 4) is 5.75 Å². The van der Waals surface area contributed by atoms with Crippen molar-refractivity contribution in [1.29, 1.82) is 0 Å². The largest absolute Gasteiger partial charge is 0.495 e. The van der Waals surface area contributed by atoms with Gasteiger partial charge in [0.2, 0.25) is 10.0 Å². The molecule has 1 amide bonds. The van der Waals surface area contributed by atoms with Crippen molar-refractivity contribution in [3.05, 3.63) is 66.2 Å². The van der Waals surface area contributed by atoms with Crippen molar-refractivity contribution in [1.82, 2.24) is 19.1 Å². The van der Waals surface area contributed by atoms with Crippen LogP contribution in [-0.2, 0) is 16.6 Å². The van der Waals surface area contributed by atoms with Crippen LogP contribution in [0.25, 0.3) is 0 Å². The highest BCUT2D eigenvalue weighted by Crippen LogP contribution is 2.31. The molecule has 2 aromatic carbocycles. The number of carbonyl (C=O) groups is 1. The van der Waals surface area contributed by atoms with E-state index >= 15 is 0 Å². The normalized spacial score (nSPS) is 14.8. The van der Waals surface area contributed by atoms with Crippen molar-refractivity contribution in [2.75, 3.05) is 25.5 Å². The van der Waals surface area contributed by atoms with Gasteiger partial charge in [0, 0.05) is 24.3 Å². The van der Waals surface area contributed by atoms with Gasteiger partial charge in [-0.1, -0.05) is 18.6 Å². The van der Waals surface area contributed by atoms with Crippen LogP contribution in [0.1, 0.15) is 35.2 Å². The van der Waals surface area contributed by atoms with Gasteiger partial charge in [-0.25, -0.2) is 18.1 Å². The number of nitrogens with zero attached hydrogens (tertiary/aromatic N) is 4. The molecule has 0 bridgehead atoms. The molecule has 0 radical (unpaired) electrons. The highest BCUT2D eigenvalue weighted by molar-refractivity contribution is 7.89. The first-order valence-electron chi connectivity index (χ1n) is 10.4. The average molecular weight is 456 g/mol. The molecule has 0 atom stereocenters. The number of nitrogens with one attached hydrogen (secondary N) is 1. The maximum atomic E-state index is 13.2. The van der Waals surface area contributed by atoms with E-state index in [4.69, 9.17) is 4.74 Å². The third-order valence-corrected chi connectivity index (χ3v) is 7.30. The summed E-state index contributed by atoms with van der Waals surface area (Å²) in [4.78, 5) is 16.7. The van der Waals surface area contributed by atoms with Crippen LogP contribution < -0.4 is 10.1 Å². The van der Waals surface area contributed by atoms with E-state index < -0.39 is 10.0 Å². The quantitative estimate of drug-likeness (QED) is 0.587. The minimum Gasteiger partial charge on any atom is -0.495 e. The number of methoxy groups -OCH3 is 1. The maximum Gasteiger partial charge on any atom is 0.255 e. The summed E-state index contributed by atoms with van der Waals surface area (Å²) in [7, 11) is -2.28. The molecule has 1 aromatic heterocycles. The number of carbonyl (C=O) groups excluding carboxylic acids is 1. The summed E-state index contributed by atoms with van der Waals surface area (Å²) in [6, 6.07) is 11.8. The fourth-order valence-corrected chi connectivity index (χ4v) is 5.37. The van der Waals surface area contributed by atoms with Crippen LogP contribution in [0.5, 0.6) is 5.75 Å². The number of rotatable bonds is 7. The number of ether oxygens (including phenoxy) is 1. The van der Waals surface area contributed by atoms with Gasteiger partial charge in [-0.3, -0.25) is 4.79 Å². The monoisotopic (exact) mass is 455 g/mol. The number of aromatic nitrogens is 3. The topological polar surface area (TPSA) is 106 Å². The van der Waals surface area contributed by atoms with E-state index in [0.29, 0.717) is 30.9 Å². The van der Waals surface area contributed by atoms with Crippen molar-refractivity contribution in [2.45, 2.75) is 30.7 Å². The molecule has 168 valence electrons. The molecule has 2 heterocycles. The van der Waals surface area contributed by atoms with E-state index in [-0.39, 0.29) is 16.6 Å². The van der Waals surface area contributed by atoms with Crippen molar-refractivity contribution in [3.63, 3.8) is 0 Å². The number of amides is 1. The predicted molar refractivity (Wildman–Crippen MR) is 119 cm³/mol. The molecule has 1 aliphatic rings. The van der Waals surface area contributed by atoms with Crippen molar-refractivity contribution < 1.29 is 17.9 Å². The second-order valence-corrected chi connectivity index (χ2v) is 9.48. The second kappa shape index (κ2) is 9.49. The van der Waals surface area contributed by atoms with E-state index in [1.165, 1.54) is 23.8 Å². The number of anilines is 1. The zero-order valence-corrected chi connectivity index (χ0v) is 18.6. The average Bonchev–Trinajstić information content (AvgIpc) is 3.33. The highest BCUT2D eigenvalue weighted by Gasteiger charge is 2.29. The van der Waals surface area contributed by atoms with Gasteiger partial charge >= 0.3 is 0 Å². The second-order valence-electron chi connectivity index (χ2n) is 7.57. The van der Waals surface area contributed by atoms with E-state index in [2.05, 4.69) is 15.4 Å². The summed E-state index contributed by atoms with van der Waals surface area (Å²) in [5.74, 6) is -0.0742. The Bertz CT molecular complexity index is 1170. The van der Waals surface area contributed by atoms with Gasteiger partial charge in [0.05, 0.1) is 13.7 Å². The molecule has 0 spiro atoms. The molecule has 4 rings (SSSR count). The molecule has 3 aromatic rings. The van der Waals surface area contributed by atoms with E-state index in [1.807, 2.05) is 12.1 Å². The van der Waals surface area contributed by atoms with Crippen molar-refractivity contribution in [2.24, 2.45) is 0 Å². The molecule has 0 unspecified atom stereocenters. The Kier molecular flexibility index (Phi) is 6.52. The lowest BCUT2D eigenvalue weighted by molar-refractivity contribution is 0.102. The van der Waals surface area contributed by atoms with Crippen LogP contribution in [0.4, 0.5) is 5.69 Å². The minimum atomic E-state index is -3.71. The molecule has 1 N–H and O–H groups in total. The van der Waals surface area contributed by atoms with Crippen LogP contribution in [0, 0.1) is 0 Å². The summed E-state index contributed by atoms with van der Waals surface area (Å²) >= 11 is 0.